The van der Waals surface area contributed by atoms with Crippen LogP contribution in [0.5, 0.6) is 0 Å². The van der Waals surface area contributed by atoms with Crippen molar-refractivity contribution in [2.24, 2.45) is 5.92 Å². The van der Waals surface area contributed by atoms with Gasteiger partial charge in [-0.25, -0.2) is 0 Å². The molecule has 1 saturated carbocycles. The molecule has 1 heterocycles. The Balaban J connectivity index is 1.82. The van der Waals surface area contributed by atoms with Crippen LogP contribution in [0, 0.1) is 5.92 Å². The Hall–Kier alpha value is -0.610. The van der Waals surface area contributed by atoms with E-state index in [0.29, 0.717) is 12.6 Å². The number of piperidine rings is 1. The first-order valence-corrected chi connectivity index (χ1v) is 6.46. The lowest BCUT2D eigenvalue weighted by atomic mass is 9.77. The highest BCUT2D eigenvalue weighted by atomic mass is 16.3. The van der Waals surface area contributed by atoms with Crippen molar-refractivity contribution in [2.45, 2.75) is 50.6 Å². The zero-order valence-corrected chi connectivity index (χ0v) is 9.74. The lowest BCUT2D eigenvalue weighted by molar-refractivity contribution is -0.124. The number of carbonyl (C=O) groups is 1. The molecule has 2 rings (SSSR count). The molecule has 4 nitrogen and oxygen atoms in total. The first kappa shape index (κ1) is 11.9. The van der Waals surface area contributed by atoms with Gasteiger partial charge in [0.15, 0.2) is 0 Å². The molecular formula is C12H22N2O2. The number of carbonyl (C=O) groups excluding carboxylic acids is 1. The molecule has 1 amide bonds. The second-order valence-electron chi connectivity index (χ2n) is 4.96. The third kappa shape index (κ3) is 2.74. The summed E-state index contributed by atoms with van der Waals surface area (Å²) < 4.78 is 0. The molecule has 1 saturated heterocycles. The predicted molar refractivity (Wildman–Crippen MR) is 62.0 cm³/mol. The summed E-state index contributed by atoms with van der Waals surface area (Å²) in [5, 5.41) is 14.9. The summed E-state index contributed by atoms with van der Waals surface area (Å²) in [6, 6.07) is 0.512. The number of fused-ring (bicyclic) bond motifs is 1. The topological polar surface area (TPSA) is 61.4 Å². The van der Waals surface area contributed by atoms with Crippen molar-refractivity contribution in [1.29, 1.82) is 0 Å². The molecule has 3 atom stereocenters. The summed E-state index contributed by atoms with van der Waals surface area (Å²) in [5.41, 5.74) is 0. The van der Waals surface area contributed by atoms with Crippen LogP contribution in [0.25, 0.3) is 0 Å². The molecule has 0 spiro atoms. The number of amides is 1. The molecule has 4 heteroatoms. The minimum absolute atomic E-state index is 0.0184. The molecule has 1 aliphatic carbocycles. The van der Waals surface area contributed by atoms with Gasteiger partial charge in [0, 0.05) is 12.6 Å². The van der Waals surface area contributed by atoms with Gasteiger partial charge in [0.1, 0.15) is 0 Å². The lowest BCUT2D eigenvalue weighted by Crippen LogP contribution is -2.55. The summed E-state index contributed by atoms with van der Waals surface area (Å²) in [6.07, 6.45) is 7.30. The summed E-state index contributed by atoms with van der Waals surface area (Å²) >= 11 is 0. The average molecular weight is 226 g/mol. The maximum absolute atomic E-state index is 11.7. The van der Waals surface area contributed by atoms with Crippen LogP contribution in [0.15, 0.2) is 0 Å². The van der Waals surface area contributed by atoms with Crippen LogP contribution in [-0.4, -0.2) is 36.2 Å². The van der Waals surface area contributed by atoms with E-state index in [4.69, 9.17) is 5.11 Å². The van der Waals surface area contributed by atoms with Gasteiger partial charge >= 0.3 is 0 Å². The Morgan fingerprint density at radius 1 is 1.25 bits per heavy atom. The Labute approximate surface area is 96.8 Å². The smallest absolute Gasteiger partial charge is 0.237 e. The van der Waals surface area contributed by atoms with E-state index in [1.165, 1.54) is 32.1 Å². The molecule has 0 aromatic carbocycles. The van der Waals surface area contributed by atoms with Crippen molar-refractivity contribution in [2.75, 3.05) is 13.2 Å². The van der Waals surface area contributed by atoms with Gasteiger partial charge in [0.05, 0.1) is 12.6 Å². The normalized spacial score (nSPS) is 34.2. The van der Waals surface area contributed by atoms with E-state index in [0.717, 1.165) is 12.3 Å². The van der Waals surface area contributed by atoms with Crippen LogP contribution in [0.4, 0.5) is 0 Å². The molecule has 1 aliphatic heterocycles. The zero-order valence-electron chi connectivity index (χ0n) is 9.74. The predicted octanol–water partition coefficient (Wildman–Crippen LogP) is 0.406. The highest BCUT2D eigenvalue weighted by molar-refractivity contribution is 5.81. The third-order valence-electron chi connectivity index (χ3n) is 3.88. The third-order valence-corrected chi connectivity index (χ3v) is 3.88. The van der Waals surface area contributed by atoms with Gasteiger partial charge in [-0.05, 0) is 31.6 Å². The average Bonchev–Trinajstić information content (AvgIpc) is 2.35. The van der Waals surface area contributed by atoms with Crippen molar-refractivity contribution in [3.8, 4) is 0 Å². The number of nitrogens with one attached hydrogen (secondary N) is 2. The number of hydrogen-bond acceptors (Lipinski definition) is 3. The maximum Gasteiger partial charge on any atom is 0.237 e. The van der Waals surface area contributed by atoms with Gasteiger partial charge in [0.2, 0.25) is 5.91 Å². The van der Waals surface area contributed by atoms with Crippen molar-refractivity contribution >= 4 is 5.91 Å². The lowest BCUT2D eigenvalue weighted by Gasteiger charge is -2.39. The quantitative estimate of drug-likeness (QED) is 0.653. The first-order valence-electron chi connectivity index (χ1n) is 6.46. The van der Waals surface area contributed by atoms with Gasteiger partial charge in [0.25, 0.3) is 0 Å². The number of aliphatic hydroxyl groups is 1. The largest absolute Gasteiger partial charge is 0.395 e. The summed E-state index contributed by atoms with van der Waals surface area (Å²) in [7, 11) is 0. The summed E-state index contributed by atoms with van der Waals surface area (Å²) in [6.45, 7) is 0.385. The molecule has 0 aromatic heterocycles. The summed E-state index contributed by atoms with van der Waals surface area (Å²) in [5.74, 6) is 0.841. The van der Waals surface area contributed by atoms with Gasteiger partial charge in [-0.2, -0.15) is 0 Å². The second kappa shape index (κ2) is 5.64. The molecule has 3 unspecified atom stereocenters. The van der Waals surface area contributed by atoms with E-state index in [-0.39, 0.29) is 18.6 Å². The Kier molecular flexibility index (Phi) is 4.18. The molecular weight excluding hydrogens is 204 g/mol. The van der Waals surface area contributed by atoms with E-state index in [9.17, 15) is 4.79 Å². The number of aliphatic hydroxyl groups excluding tert-OH is 1. The fourth-order valence-corrected chi connectivity index (χ4v) is 3.00. The fraction of sp³-hybridized carbons (Fsp3) is 0.917. The Bertz CT molecular complexity index is 245. The minimum Gasteiger partial charge on any atom is -0.395 e. The van der Waals surface area contributed by atoms with Crippen LogP contribution in [0.3, 0.4) is 0 Å². The minimum atomic E-state index is -0.0362. The standard InChI is InChI=1S/C12H22N2O2/c15-8-7-13-12(16)11-6-5-9-3-1-2-4-10(9)14-11/h9-11,14-15H,1-8H2,(H,13,16). The highest BCUT2D eigenvalue weighted by Crippen LogP contribution is 2.32. The molecule has 16 heavy (non-hydrogen) atoms. The second-order valence-corrected chi connectivity index (χ2v) is 4.96. The van der Waals surface area contributed by atoms with E-state index in [1.54, 1.807) is 0 Å². The highest BCUT2D eigenvalue weighted by Gasteiger charge is 2.34. The summed E-state index contributed by atoms with van der Waals surface area (Å²) in [4.78, 5) is 11.7. The van der Waals surface area contributed by atoms with E-state index in [2.05, 4.69) is 10.6 Å². The molecule has 3 N–H and O–H groups in total. The monoisotopic (exact) mass is 226 g/mol. The molecule has 2 aliphatic rings. The van der Waals surface area contributed by atoms with Gasteiger partial charge < -0.3 is 15.7 Å². The Morgan fingerprint density at radius 2 is 2.06 bits per heavy atom. The number of rotatable bonds is 3. The molecule has 92 valence electrons. The van der Waals surface area contributed by atoms with Crippen molar-refractivity contribution in [1.82, 2.24) is 10.6 Å². The SMILES string of the molecule is O=C(NCCO)C1CCC2CCCCC2N1. The molecule has 2 fully saturated rings. The van der Waals surface area contributed by atoms with Gasteiger partial charge in [-0.3, -0.25) is 4.79 Å². The van der Waals surface area contributed by atoms with Crippen LogP contribution < -0.4 is 10.6 Å². The van der Waals surface area contributed by atoms with Gasteiger partial charge in [-0.15, -0.1) is 0 Å². The Morgan fingerprint density at radius 3 is 2.88 bits per heavy atom. The van der Waals surface area contributed by atoms with Crippen LogP contribution in [0.2, 0.25) is 0 Å². The first-order chi connectivity index (χ1) is 7.81. The van der Waals surface area contributed by atoms with Crippen molar-refractivity contribution in [3.05, 3.63) is 0 Å². The maximum atomic E-state index is 11.7. The number of hydrogen-bond donors (Lipinski definition) is 3. The van der Waals surface area contributed by atoms with Crippen LogP contribution >= 0.6 is 0 Å². The van der Waals surface area contributed by atoms with E-state index >= 15 is 0 Å². The molecule has 0 aromatic rings. The van der Waals surface area contributed by atoms with Crippen molar-refractivity contribution < 1.29 is 9.90 Å². The van der Waals surface area contributed by atoms with Gasteiger partial charge in [-0.1, -0.05) is 12.8 Å². The molecule has 0 bridgehead atoms. The van der Waals surface area contributed by atoms with E-state index in [1.807, 2.05) is 0 Å². The fourth-order valence-electron chi connectivity index (χ4n) is 3.00. The van der Waals surface area contributed by atoms with Crippen molar-refractivity contribution in [3.63, 3.8) is 0 Å². The molecule has 0 radical (unpaired) electrons. The van der Waals surface area contributed by atoms with E-state index < -0.39 is 0 Å². The zero-order chi connectivity index (χ0) is 11.4. The van der Waals surface area contributed by atoms with Crippen LogP contribution in [0.1, 0.15) is 38.5 Å². The van der Waals surface area contributed by atoms with Crippen LogP contribution in [-0.2, 0) is 4.79 Å².